The minimum Gasteiger partial charge on any atom is -0.369 e. The van der Waals surface area contributed by atoms with Crippen LogP contribution in [0.1, 0.15) is 13.8 Å². The second-order valence-electron chi connectivity index (χ2n) is 5.34. The van der Waals surface area contributed by atoms with Crippen LogP contribution in [0.5, 0.6) is 0 Å². The fourth-order valence-corrected chi connectivity index (χ4v) is 2.65. The van der Waals surface area contributed by atoms with Crippen LogP contribution < -0.4 is 4.90 Å². The van der Waals surface area contributed by atoms with Gasteiger partial charge in [0.25, 0.3) is 0 Å². The van der Waals surface area contributed by atoms with Gasteiger partial charge in [-0.1, -0.05) is 25.4 Å². The summed E-state index contributed by atoms with van der Waals surface area (Å²) in [6, 6.07) is 5.58. The molecule has 0 spiro atoms. The van der Waals surface area contributed by atoms with E-state index < -0.39 is 0 Å². The van der Waals surface area contributed by atoms with Crippen molar-refractivity contribution in [1.82, 2.24) is 4.90 Å². The minimum absolute atomic E-state index is 0.188. The number of anilines is 1. The van der Waals surface area contributed by atoms with Gasteiger partial charge in [-0.2, -0.15) is 0 Å². The molecule has 0 N–H and O–H groups in total. The van der Waals surface area contributed by atoms with Crippen molar-refractivity contribution >= 4 is 17.3 Å². The van der Waals surface area contributed by atoms with Crippen LogP contribution >= 0.6 is 11.6 Å². The molecule has 1 aromatic rings. The number of nitrogens with zero attached hydrogens (tertiary/aromatic N) is 2. The van der Waals surface area contributed by atoms with Crippen molar-refractivity contribution < 1.29 is 4.39 Å². The summed E-state index contributed by atoms with van der Waals surface area (Å²) in [5.41, 5.74) is 0.927. The molecule has 0 radical (unpaired) electrons. The maximum absolute atomic E-state index is 13.5. The van der Waals surface area contributed by atoms with Crippen LogP contribution in [0.25, 0.3) is 0 Å². The molecule has 0 aliphatic carbocycles. The molecule has 0 amide bonds. The fourth-order valence-electron chi connectivity index (χ4n) is 2.54. The molecule has 0 bridgehead atoms. The predicted molar refractivity (Wildman–Crippen MR) is 74.9 cm³/mol. The summed E-state index contributed by atoms with van der Waals surface area (Å²) in [5, 5.41) is 0.188. The average molecular weight is 271 g/mol. The Kier molecular flexibility index (Phi) is 4.13. The molecule has 2 nitrogen and oxygen atoms in total. The molecule has 2 rings (SSSR count). The van der Waals surface area contributed by atoms with Crippen LogP contribution in [0, 0.1) is 11.7 Å². The second kappa shape index (κ2) is 5.45. The van der Waals surface area contributed by atoms with Crippen molar-refractivity contribution in [2.45, 2.75) is 19.9 Å². The van der Waals surface area contributed by atoms with Gasteiger partial charge in [-0.15, -0.1) is 0 Å². The maximum Gasteiger partial charge on any atom is 0.143 e. The number of rotatable bonds is 2. The van der Waals surface area contributed by atoms with Crippen LogP contribution in [-0.4, -0.2) is 37.6 Å². The summed E-state index contributed by atoms with van der Waals surface area (Å²) in [7, 11) is 2.16. The number of hydrogen-bond acceptors (Lipinski definition) is 2. The number of benzene rings is 1. The van der Waals surface area contributed by atoms with Crippen molar-refractivity contribution in [1.29, 1.82) is 0 Å². The number of halogens is 2. The molecule has 18 heavy (non-hydrogen) atoms. The monoisotopic (exact) mass is 270 g/mol. The summed E-state index contributed by atoms with van der Waals surface area (Å²) in [6.45, 7) is 7.34. The van der Waals surface area contributed by atoms with Gasteiger partial charge < -0.3 is 4.90 Å². The average Bonchev–Trinajstić information content (AvgIpc) is 2.33. The Bertz CT molecular complexity index is 422. The van der Waals surface area contributed by atoms with Crippen LogP contribution in [0.15, 0.2) is 18.2 Å². The van der Waals surface area contributed by atoms with Gasteiger partial charge in [0.15, 0.2) is 0 Å². The molecule has 1 aromatic carbocycles. The molecule has 100 valence electrons. The topological polar surface area (TPSA) is 6.48 Å². The lowest BCUT2D eigenvalue weighted by molar-refractivity contribution is 0.173. The molecule has 1 atom stereocenters. The molecule has 1 heterocycles. The zero-order valence-corrected chi connectivity index (χ0v) is 11.9. The Balaban J connectivity index is 2.16. The van der Waals surface area contributed by atoms with Crippen LogP contribution in [-0.2, 0) is 0 Å². The van der Waals surface area contributed by atoms with E-state index in [0.29, 0.717) is 12.0 Å². The first-order valence-electron chi connectivity index (χ1n) is 6.39. The van der Waals surface area contributed by atoms with E-state index in [2.05, 4.69) is 30.7 Å². The van der Waals surface area contributed by atoms with Crippen molar-refractivity contribution in [3.63, 3.8) is 0 Å². The highest BCUT2D eigenvalue weighted by atomic mass is 35.5. The van der Waals surface area contributed by atoms with E-state index >= 15 is 0 Å². The third-order valence-electron chi connectivity index (χ3n) is 3.73. The lowest BCUT2D eigenvalue weighted by Gasteiger charge is -2.42. The molecule has 0 saturated carbocycles. The van der Waals surface area contributed by atoms with Gasteiger partial charge in [-0.3, -0.25) is 4.90 Å². The molecule has 1 aliphatic heterocycles. The number of likely N-dealkylation sites (N-methyl/N-ethyl adjacent to an activating group) is 1. The van der Waals surface area contributed by atoms with Gasteiger partial charge in [0, 0.05) is 31.4 Å². The van der Waals surface area contributed by atoms with E-state index in [4.69, 9.17) is 11.6 Å². The van der Waals surface area contributed by atoms with Gasteiger partial charge in [0.1, 0.15) is 5.82 Å². The van der Waals surface area contributed by atoms with E-state index in [9.17, 15) is 4.39 Å². The molecule has 1 unspecified atom stereocenters. The maximum atomic E-state index is 13.5. The Morgan fingerprint density at radius 1 is 1.33 bits per heavy atom. The van der Waals surface area contributed by atoms with Gasteiger partial charge >= 0.3 is 0 Å². The Morgan fingerprint density at radius 3 is 2.67 bits per heavy atom. The Morgan fingerprint density at radius 2 is 2.06 bits per heavy atom. The summed E-state index contributed by atoms with van der Waals surface area (Å²) in [5.74, 6) is 0.254. The fraction of sp³-hybridized carbons (Fsp3) is 0.571. The first-order valence-corrected chi connectivity index (χ1v) is 6.77. The molecule has 4 heteroatoms. The summed E-state index contributed by atoms with van der Waals surface area (Å²) in [4.78, 5) is 4.62. The molecule has 0 aromatic heterocycles. The minimum atomic E-state index is -0.339. The first-order chi connectivity index (χ1) is 8.49. The lowest BCUT2D eigenvalue weighted by Crippen LogP contribution is -2.53. The highest BCUT2D eigenvalue weighted by Crippen LogP contribution is 2.25. The molecule has 1 aliphatic rings. The van der Waals surface area contributed by atoms with E-state index in [0.717, 1.165) is 25.3 Å². The van der Waals surface area contributed by atoms with Gasteiger partial charge in [-0.05, 0) is 31.2 Å². The van der Waals surface area contributed by atoms with Crippen LogP contribution in [0.4, 0.5) is 10.1 Å². The smallest absolute Gasteiger partial charge is 0.143 e. The summed E-state index contributed by atoms with van der Waals surface area (Å²) in [6.07, 6.45) is 0. The number of piperazine rings is 1. The van der Waals surface area contributed by atoms with Crippen molar-refractivity contribution in [3.05, 3.63) is 29.0 Å². The van der Waals surface area contributed by atoms with E-state index in [1.54, 1.807) is 6.07 Å². The first kappa shape index (κ1) is 13.6. The SMILES string of the molecule is CC(C)C1CN(c2ccc(Cl)c(F)c2)CCN1C. The Hall–Kier alpha value is -0.800. The quantitative estimate of drug-likeness (QED) is 0.814. The van der Waals surface area contributed by atoms with Crippen molar-refractivity contribution in [3.8, 4) is 0 Å². The molecular formula is C14H20ClFN2. The normalized spacial score (nSPS) is 21.7. The molecular weight excluding hydrogens is 251 g/mol. The van der Waals surface area contributed by atoms with Crippen molar-refractivity contribution in [2.75, 3.05) is 31.6 Å². The van der Waals surface area contributed by atoms with Crippen LogP contribution in [0.2, 0.25) is 5.02 Å². The van der Waals surface area contributed by atoms with Gasteiger partial charge in [0.2, 0.25) is 0 Å². The lowest BCUT2D eigenvalue weighted by atomic mass is 10.00. The van der Waals surface area contributed by atoms with Gasteiger partial charge in [-0.25, -0.2) is 4.39 Å². The summed E-state index contributed by atoms with van der Waals surface area (Å²) < 4.78 is 13.5. The summed E-state index contributed by atoms with van der Waals surface area (Å²) >= 11 is 5.72. The third kappa shape index (κ3) is 2.78. The number of hydrogen-bond donors (Lipinski definition) is 0. The zero-order valence-electron chi connectivity index (χ0n) is 11.2. The van der Waals surface area contributed by atoms with E-state index in [1.807, 2.05) is 6.07 Å². The van der Waals surface area contributed by atoms with E-state index in [-0.39, 0.29) is 10.8 Å². The molecule has 1 saturated heterocycles. The van der Waals surface area contributed by atoms with Crippen molar-refractivity contribution in [2.24, 2.45) is 5.92 Å². The third-order valence-corrected chi connectivity index (χ3v) is 4.04. The van der Waals surface area contributed by atoms with E-state index in [1.165, 1.54) is 6.07 Å². The predicted octanol–water partition coefficient (Wildman–Crippen LogP) is 3.26. The Labute approximate surface area is 113 Å². The highest BCUT2D eigenvalue weighted by molar-refractivity contribution is 6.30. The molecule has 1 fully saturated rings. The van der Waals surface area contributed by atoms with Gasteiger partial charge in [0.05, 0.1) is 5.02 Å². The standard InChI is InChI=1S/C14H20ClFN2/c1-10(2)14-9-18(7-6-17(14)3)11-4-5-12(15)13(16)8-11/h4-5,8,10,14H,6-7,9H2,1-3H3. The highest BCUT2D eigenvalue weighted by Gasteiger charge is 2.26. The van der Waals surface area contributed by atoms with Crippen LogP contribution in [0.3, 0.4) is 0 Å². The largest absolute Gasteiger partial charge is 0.369 e. The zero-order chi connectivity index (χ0) is 13.3. The second-order valence-corrected chi connectivity index (χ2v) is 5.74.